The van der Waals surface area contributed by atoms with Gasteiger partial charge in [-0.25, -0.2) is 0 Å². The number of aliphatic imine (C=N–C) groups is 1. The molecule has 0 amide bonds. The van der Waals surface area contributed by atoms with E-state index in [1.165, 1.54) is 5.56 Å². The second kappa shape index (κ2) is 9.97. The average Bonchev–Trinajstić information content (AvgIpc) is 2.91. The van der Waals surface area contributed by atoms with Crippen molar-refractivity contribution in [1.29, 1.82) is 0 Å². The third-order valence-electron chi connectivity index (χ3n) is 3.14. The van der Waals surface area contributed by atoms with Crippen molar-refractivity contribution in [2.75, 3.05) is 31.7 Å². The van der Waals surface area contributed by atoms with Crippen molar-refractivity contribution in [2.45, 2.75) is 25.9 Å². The Morgan fingerprint density at radius 3 is 3.10 bits per heavy atom. The fourth-order valence-corrected chi connectivity index (χ4v) is 2.13. The van der Waals surface area contributed by atoms with Crippen LogP contribution in [0.15, 0.2) is 29.3 Å². The molecule has 2 rings (SSSR count). The number of hydrogen-bond donors (Lipinski definition) is 2. The first-order valence-corrected chi connectivity index (χ1v) is 7.07. The van der Waals surface area contributed by atoms with Crippen LogP contribution in [0.1, 0.15) is 18.4 Å². The van der Waals surface area contributed by atoms with E-state index in [1.807, 2.05) is 31.2 Å². The Balaban J connectivity index is 0.00000220. The standard InChI is InChI=1S/C15H23N3O2.HI/c1-12-4-2-5-13(10-12)18-15(16)17-7-9-19-11-14-6-3-8-20-14;/h2,4-5,10,14H,3,6-9,11H2,1H3,(H3,16,17,18);1H. The topological polar surface area (TPSA) is 68.9 Å². The molecule has 1 aromatic rings. The molecule has 3 N–H and O–H groups in total. The van der Waals surface area contributed by atoms with Crippen LogP contribution in [0.2, 0.25) is 0 Å². The quantitative estimate of drug-likeness (QED) is 0.330. The highest BCUT2D eigenvalue weighted by Crippen LogP contribution is 2.11. The molecule has 0 aliphatic carbocycles. The van der Waals surface area contributed by atoms with Gasteiger partial charge in [0.25, 0.3) is 0 Å². The van der Waals surface area contributed by atoms with Crippen molar-refractivity contribution in [2.24, 2.45) is 10.7 Å². The zero-order valence-electron chi connectivity index (χ0n) is 12.4. The number of rotatable bonds is 6. The minimum Gasteiger partial charge on any atom is -0.377 e. The van der Waals surface area contributed by atoms with Gasteiger partial charge >= 0.3 is 0 Å². The summed E-state index contributed by atoms with van der Waals surface area (Å²) < 4.78 is 11.0. The van der Waals surface area contributed by atoms with E-state index >= 15 is 0 Å². The van der Waals surface area contributed by atoms with Gasteiger partial charge in [-0.2, -0.15) is 0 Å². The molecule has 0 aromatic heterocycles. The summed E-state index contributed by atoms with van der Waals surface area (Å²) in [7, 11) is 0. The number of anilines is 1. The minimum absolute atomic E-state index is 0. The fraction of sp³-hybridized carbons (Fsp3) is 0.533. The summed E-state index contributed by atoms with van der Waals surface area (Å²) in [4.78, 5) is 4.23. The van der Waals surface area contributed by atoms with Gasteiger partial charge in [0.05, 0.1) is 25.9 Å². The highest BCUT2D eigenvalue weighted by Gasteiger charge is 2.14. The van der Waals surface area contributed by atoms with Crippen LogP contribution < -0.4 is 11.1 Å². The molecule has 6 heteroatoms. The molecule has 118 valence electrons. The Hall–Kier alpha value is -0.860. The molecule has 0 bridgehead atoms. The first-order chi connectivity index (χ1) is 9.74. The largest absolute Gasteiger partial charge is 0.377 e. The van der Waals surface area contributed by atoms with E-state index in [2.05, 4.69) is 10.3 Å². The third-order valence-corrected chi connectivity index (χ3v) is 3.14. The number of benzene rings is 1. The summed E-state index contributed by atoms with van der Waals surface area (Å²) in [6, 6.07) is 8.01. The van der Waals surface area contributed by atoms with E-state index in [4.69, 9.17) is 15.2 Å². The molecule has 1 heterocycles. The zero-order valence-corrected chi connectivity index (χ0v) is 14.7. The lowest BCUT2D eigenvalue weighted by molar-refractivity contribution is 0.0200. The summed E-state index contributed by atoms with van der Waals surface area (Å²) in [5, 5.41) is 3.06. The number of halogens is 1. The van der Waals surface area contributed by atoms with Gasteiger partial charge in [0, 0.05) is 12.3 Å². The van der Waals surface area contributed by atoms with E-state index in [-0.39, 0.29) is 30.1 Å². The maximum Gasteiger partial charge on any atom is 0.193 e. The normalized spacial score (nSPS) is 18.3. The Labute approximate surface area is 143 Å². The van der Waals surface area contributed by atoms with Crippen molar-refractivity contribution in [3.05, 3.63) is 29.8 Å². The van der Waals surface area contributed by atoms with Gasteiger partial charge in [-0.1, -0.05) is 12.1 Å². The Bertz CT molecular complexity index is 448. The average molecular weight is 405 g/mol. The molecule has 0 radical (unpaired) electrons. The minimum atomic E-state index is 0. The van der Waals surface area contributed by atoms with E-state index in [0.717, 1.165) is 25.1 Å². The van der Waals surface area contributed by atoms with Crippen LogP contribution in [0.5, 0.6) is 0 Å². The van der Waals surface area contributed by atoms with Gasteiger partial charge < -0.3 is 20.5 Å². The first-order valence-electron chi connectivity index (χ1n) is 7.07. The number of nitrogens with two attached hydrogens (primary N) is 1. The van der Waals surface area contributed by atoms with Crippen LogP contribution in [0.4, 0.5) is 5.69 Å². The molecule has 1 saturated heterocycles. The van der Waals surface area contributed by atoms with Crippen LogP contribution in [0.25, 0.3) is 0 Å². The van der Waals surface area contributed by atoms with Crippen LogP contribution in [-0.2, 0) is 9.47 Å². The summed E-state index contributed by atoms with van der Waals surface area (Å²) >= 11 is 0. The van der Waals surface area contributed by atoms with Gasteiger partial charge in [0.2, 0.25) is 0 Å². The molecule has 1 aliphatic heterocycles. The predicted molar refractivity (Wildman–Crippen MR) is 96.5 cm³/mol. The first kappa shape index (κ1) is 18.2. The lowest BCUT2D eigenvalue weighted by Gasteiger charge is -2.09. The predicted octanol–water partition coefficient (Wildman–Crippen LogP) is 2.54. The number of hydrogen-bond acceptors (Lipinski definition) is 3. The highest BCUT2D eigenvalue weighted by molar-refractivity contribution is 14.0. The summed E-state index contributed by atoms with van der Waals surface area (Å²) in [5.41, 5.74) is 7.95. The van der Waals surface area contributed by atoms with Gasteiger partial charge in [0.1, 0.15) is 0 Å². The molecule has 1 unspecified atom stereocenters. The molecule has 1 atom stereocenters. The van der Waals surface area contributed by atoms with Crippen molar-refractivity contribution >= 4 is 35.6 Å². The summed E-state index contributed by atoms with van der Waals surface area (Å²) in [6.07, 6.45) is 2.50. The monoisotopic (exact) mass is 405 g/mol. The number of guanidine groups is 1. The number of nitrogens with one attached hydrogen (secondary N) is 1. The van der Waals surface area contributed by atoms with E-state index < -0.39 is 0 Å². The summed E-state index contributed by atoms with van der Waals surface area (Å²) in [5.74, 6) is 0.413. The zero-order chi connectivity index (χ0) is 14.2. The molecule has 1 fully saturated rings. The second-order valence-corrected chi connectivity index (χ2v) is 4.97. The van der Waals surface area contributed by atoms with Crippen LogP contribution in [-0.4, -0.2) is 38.4 Å². The molecule has 1 aromatic carbocycles. The molecule has 0 saturated carbocycles. The van der Waals surface area contributed by atoms with Crippen molar-refractivity contribution in [3.63, 3.8) is 0 Å². The fourth-order valence-electron chi connectivity index (χ4n) is 2.13. The number of aryl methyl sites for hydroxylation is 1. The van der Waals surface area contributed by atoms with E-state index in [1.54, 1.807) is 0 Å². The number of ether oxygens (including phenoxy) is 2. The number of nitrogens with zero attached hydrogens (tertiary/aromatic N) is 1. The van der Waals surface area contributed by atoms with Crippen molar-refractivity contribution in [3.8, 4) is 0 Å². The van der Waals surface area contributed by atoms with Crippen molar-refractivity contribution in [1.82, 2.24) is 0 Å². The maximum atomic E-state index is 5.82. The molecule has 0 spiro atoms. The van der Waals surface area contributed by atoms with Crippen LogP contribution >= 0.6 is 24.0 Å². The maximum absolute atomic E-state index is 5.82. The molecule has 5 nitrogen and oxygen atoms in total. The Kier molecular flexibility index (Phi) is 8.63. The third kappa shape index (κ3) is 7.10. The van der Waals surface area contributed by atoms with E-state index in [0.29, 0.717) is 25.7 Å². The highest BCUT2D eigenvalue weighted by atomic mass is 127. The van der Waals surface area contributed by atoms with Gasteiger partial charge in [-0.05, 0) is 37.5 Å². The lowest BCUT2D eigenvalue weighted by Crippen LogP contribution is -2.23. The van der Waals surface area contributed by atoms with E-state index in [9.17, 15) is 0 Å². The molecular formula is C15H24IN3O2. The Morgan fingerprint density at radius 1 is 1.52 bits per heavy atom. The van der Waals surface area contributed by atoms with Gasteiger partial charge in [-0.3, -0.25) is 4.99 Å². The smallest absolute Gasteiger partial charge is 0.193 e. The summed E-state index contributed by atoms with van der Waals surface area (Å²) in [6.45, 7) is 4.67. The SMILES string of the molecule is Cc1cccc(NC(N)=NCCOCC2CCCO2)c1.I. The molecule has 21 heavy (non-hydrogen) atoms. The van der Waals surface area contributed by atoms with Gasteiger partial charge in [-0.15, -0.1) is 24.0 Å². The second-order valence-electron chi connectivity index (χ2n) is 4.97. The van der Waals surface area contributed by atoms with Crippen LogP contribution in [0.3, 0.4) is 0 Å². The lowest BCUT2D eigenvalue weighted by atomic mass is 10.2. The molecular weight excluding hydrogens is 381 g/mol. The van der Waals surface area contributed by atoms with Crippen LogP contribution in [0, 0.1) is 6.92 Å². The van der Waals surface area contributed by atoms with Crippen molar-refractivity contribution < 1.29 is 9.47 Å². The van der Waals surface area contributed by atoms with Gasteiger partial charge in [0.15, 0.2) is 5.96 Å². The molecule has 1 aliphatic rings. The Morgan fingerprint density at radius 2 is 2.38 bits per heavy atom.